The van der Waals surface area contributed by atoms with Crippen LogP contribution in [0.5, 0.6) is 11.5 Å². The predicted octanol–water partition coefficient (Wildman–Crippen LogP) is 1.72. The van der Waals surface area contributed by atoms with Crippen molar-refractivity contribution >= 4 is 0 Å². The summed E-state index contributed by atoms with van der Waals surface area (Å²) in [4.78, 5) is 1.52. The van der Waals surface area contributed by atoms with Crippen molar-refractivity contribution in [2.75, 3.05) is 20.8 Å². The highest BCUT2D eigenvalue weighted by Crippen LogP contribution is 2.31. The molecule has 118 valence electrons. The van der Waals surface area contributed by atoms with Crippen molar-refractivity contribution < 1.29 is 14.4 Å². The maximum absolute atomic E-state index is 8.87. The number of hydrogen-bond acceptors (Lipinski definition) is 3. The van der Waals surface area contributed by atoms with Crippen LogP contribution >= 0.6 is 0 Å². The average Bonchev–Trinajstić information content (AvgIpc) is 2.61. The van der Waals surface area contributed by atoms with Crippen molar-refractivity contribution in [3.63, 3.8) is 0 Å². The van der Waals surface area contributed by atoms with Crippen LogP contribution in [-0.4, -0.2) is 20.8 Å². The van der Waals surface area contributed by atoms with Gasteiger partial charge in [-0.3, -0.25) is 0 Å². The molecule has 0 amide bonds. The van der Waals surface area contributed by atoms with Crippen LogP contribution in [0.3, 0.4) is 0 Å². The molecule has 1 aliphatic heterocycles. The quantitative estimate of drug-likeness (QED) is 0.935. The first-order chi connectivity index (χ1) is 11.2. The van der Waals surface area contributed by atoms with Gasteiger partial charge in [0, 0.05) is 17.5 Å². The van der Waals surface area contributed by atoms with Crippen LogP contribution in [0.15, 0.2) is 36.4 Å². The van der Waals surface area contributed by atoms with E-state index in [-0.39, 0.29) is 0 Å². The molecule has 0 fully saturated rings. The van der Waals surface area contributed by atoms with Crippen LogP contribution in [0.4, 0.5) is 0 Å². The zero-order chi connectivity index (χ0) is 16.2. The van der Waals surface area contributed by atoms with Gasteiger partial charge in [0.2, 0.25) is 0 Å². The third kappa shape index (κ3) is 3.30. The molecule has 4 heteroatoms. The summed E-state index contributed by atoms with van der Waals surface area (Å²) in [6.07, 6.45) is 1.04. The van der Waals surface area contributed by atoms with Gasteiger partial charge in [0.15, 0.2) is 11.5 Å². The smallest absolute Gasteiger partial charge is 0.161 e. The minimum absolute atomic E-state index is 0.713. The molecule has 4 nitrogen and oxygen atoms in total. The fourth-order valence-electron chi connectivity index (χ4n) is 3.17. The number of rotatable bonds is 4. The van der Waals surface area contributed by atoms with Crippen molar-refractivity contribution in [1.82, 2.24) is 0 Å². The highest BCUT2D eigenvalue weighted by molar-refractivity contribution is 5.47. The summed E-state index contributed by atoms with van der Waals surface area (Å²) in [5.74, 6) is 1.60. The zero-order valence-electron chi connectivity index (χ0n) is 13.6. The zero-order valence-corrected chi connectivity index (χ0v) is 13.6. The second kappa shape index (κ2) is 6.72. The highest BCUT2D eigenvalue weighted by Gasteiger charge is 2.22. The van der Waals surface area contributed by atoms with Gasteiger partial charge in [-0.1, -0.05) is 12.1 Å². The molecule has 0 saturated carbocycles. The summed E-state index contributed by atoms with van der Waals surface area (Å²) in [5.41, 5.74) is 4.66. The fraction of sp³-hybridized carbons (Fsp3) is 0.316. The summed E-state index contributed by atoms with van der Waals surface area (Å²) >= 11 is 0. The molecule has 2 aromatic rings. The lowest BCUT2D eigenvalue weighted by molar-refractivity contribution is -0.929. The minimum atomic E-state index is 0.713. The van der Waals surface area contributed by atoms with E-state index < -0.39 is 0 Å². The molecule has 1 atom stereocenters. The lowest BCUT2D eigenvalue weighted by Gasteiger charge is -2.27. The Kier molecular flexibility index (Phi) is 4.50. The molecule has 23 heavy (non-hydrogen) atoms. The molecule has 0 saturated heterocycles. The van der Waals surface area contributed by atoms with E-state index in [0.717, 1.165) is 37.6 Å². The number of ether oxygens (including phenoxy) is 2. The van der Waals surface area contributed by atoms with Gasteiger partial charge >= 0.3 is 0 Å². The van der Waals surface area contributed by atoms with Gasteiger partial charge in [-0.05, 0) is 29.8 Å². The van der Waals surface area contributed by atoms with Gasteiger partial charge in [-0.2, -0.15) is 5.26 Å². The van der Waals surface area contributed by atoms with Gasteiger partial charge in [0.05, 0.1) is 32.4 Å². The molecule has 1 unspecified atom stereocenters. The number of benzene rings is 2. The van der Waals surface area contributed by atoms with E-state index in [1.165, 1.54) is 21.6 Å². The van der Waals surface area contributed by atoms with Crippen LogP contribution in [-0.2, 0) is 19.5 Å². The summed E-state index contributed by atoms with van der Waals surface area (Å²) in [7, 11) is 3.35. The monoisotopic (exact) mass is 309 g/mol. The fourth-order valence-corrected chi connectivity index (χ4v) is 3.17. The average molecular weight is 309 g/mol. The van der Waals surface area contributed by atoms with Crippen LogP contribution in [0.1, 0.15) is 22.3 Å². The van der Waals surface area contributed by atoms with Crippen LogP contribution < -0.4 is 14.4 Å². The number of fused-ring (bicyclic) bond motifs is 1. The molecule has 1 N–H and O–H groups in total. The standard InChI is InChI=1S/C19H20N2O2/c1-22-18-9-16-7-8-21(13-17(16)10-19(18)23-2)12-15-5-3-14(11-20)4-6-15/h3-6,9-10H,7-8,12-13H2,1-2H3/p+1. The molecule has 0 aliphatic carbocycles. The van der Waals surface area contributed by atoms with Gasteiger partial charge in [-0.25, -0.2) is 0 Å². The van der Waals surface area contributed by atoms with Crippen molar-refractivity contribution in [1.29, 1.82) is 5.26 Å². The van der Waals surface area contributed by atoms with Crippen LogP contribution in [0.2, 0.25) is 0 Å². The molecule has 0 bridgehead atoms. The van der Waals surface area contributed by atoms with E-state index in [4.69, 9.17) is 14.7 Å². The summed E-state index contributed by atoms with van der Waals surface area (Å²) in [6, 6.07) is 14.3. The number of nitriles is 1. The van der Waals surface area contributed by atoms with Crippen molar-refractivity contribution in [3.8, 4) is 17.6 Å². The van der Waals surface area contributed by atoms with E-state index in [1.54, 1.807) is 14.2 Å². The predicted molar refractivity (Wildman–Crippen MR) is 87.6 cm³/mol. The minimum Gasteiger partial charge on any atom is -0.493 e. The van der Waals surface area contributed by atoms with Gasteiger partial charge in [0.1, 0.15) is 13.1 Å². The van der Waals surface area contributed by atoms with E-state index in [1.807, 2.05) is 12.1 Å². The highest BCUT2D eigenvalue weighted by atomic mass is 16.5. The first kappa shape index (κ1) is 15.4. The van der Waals surface area contributed by atoms with E-state index >= 15 is 0 Å². The Balaban J connectivity index is 1.75. The van der Waals surface area contributed by atoms with Gasteiger partial charge in [0.25, 0.3) is 0 Å². The van der Waals surface area contributed by atoms with Gasteiger partial charge < -0.3 is 14.4 Å². The molecule has 3 rings (SSSR count). The Bertz CT molecular complexity index is 732. The Hall–Kier alpha value is -2.51. The first-order valence-electron chi connectivity index (χ1n) is 7.80. The number of quaternary nitrogens is 1. The second-order valence-corrected chi connectivity index (χ2v) is 5.89. The van der Waals surface area contributed by atoms with Gasteiger partial charge in [-0.15, -0.1) is 0 Å². The third-order valence-corrected chi connectivity index (χ3v) is 4.43. The van der Waals surface area contributed by atoms with Crippen LogP contribution in [0, 0.1) is 11.3 Å². The topological polar surface area (TPSA) is 46.7 Å². The Morgan fingerprint density at radius 1 is 1.04 bits per heavy atom. The Morgan fingerprint density at radius 2 is 1.70 bits per heavy atom. The second-order valence-electron chi connectivity index (χ2n) is 5.89. The molecule has 0 spiro atoms. The molecular formula is C19H21N2O2+. The third-order valence-electron chi connectivity index (χ3n) is 4.43. The molecule has 1 heterocycles. The first-order valence-corrected chi connectivity index (χ1v) is 7.80. The van der Waals surface area contributed by atoms with Crippen LogP contribution in [0.25, 0.3) is 0 Å². The Labute approximate surface area is 136 Å². The molecule has 1 aliphatic rings. The molecule has 0 radical (unpaired) electrons. The van der Waals surface area contributed by atoms with E-state index in [9.17, 15) is 0 Å². The molecule has 2 aromatic carbocycles. The lowest BCUT2D eigenvalue weighted by Crippen LogP contribution is -3.10. The number of nitrogens with zero attached hydrogens (tertiary/aromatic N) is 1. The molecular weight excluding hydrogens is 288 g/mol. The van der Waals surface area contributed by atoms with Crippen molar-refractivity contribution in [3.05, 3.63) is 58.7 Å². The summed E-state index contributed by atoms with van der Waals surface area (Å²) < 4.78 is 10.8. The van der Waals surface area contributed by atoms with E-state index in [0.29, 0.717) is 5.56 Å². The lowest BCUT2D eigenvalue weighted by atomic mass is 9.98. The largest absolute Gasteiger partial charge is 0.493 e. The summed E-state index contributed by atoms with van der Waals surface area (Å²) in [6.45, 7) is 3.05. The SMILES string of the molecule is COc1cc2c(cc1OC)C[NH+](Cc1ccc(C#N)cc1)CC2. The van der Waals surface area contributed by atoms with Crippen molar-refractivity contribution in [2.45, 2.75) is 19.5 Å². The summed E-state index contributed by atoms with van der Waals surface area (Å²) in [5, 5.41) is 8.87. The normalized spacial score (nSPS) is 16.3. The number of hydrogen-bond donors (Lipinski definition) is 1. The Morgan fingerprint density at radius 3 is 2.30 bits per heavy atom. The molecule has 0 aromatic heterocycles. The maximum Gasteiger partial charge on any atom is 0.161 e. The number of nitrogens with one attached hydrogen (secondary N) is 1. The van der Waals surface area contributed by atoms with Crippen molar-refractivity contribution in [2.24, 2.45) is 0 Å². The maximum atomic E-state index is 8.87. The van der Waals surface area contributed by atoms with E-state index in [2.05, 4.69) is 30.3 Å². The number of methoxy groups -OCH3 is 2.